The van der Waals surface area contributed by atoms with E-state index in [1.807, 2.05) is 0 Å². The number of hydrogen-bond donors (Lipinski definition) is 4. The Bertz CT molecular complexity index is 556. The van der Waals surface area contributed by atoms with Crippen LogP contribution in [0.1, 0.15) is 30.4 Å². The molecule has 6 N–H and O–H groups in total. The van der Waals surface area contributed by atoms with Gasteiger partial charge < -0.3 is 22.1 Å². The standard InChI is InChI=1S/C18H28BN4/c1-13(15-6-7-18-16(11-15)8-9-19-18)23-14(2)22-10-4-3-5-17(21)12-20/h6-7,11,17,22-23H,1-5,8-10,12,20-21H2. The van der Waals surface area contributed by atoms with E-state index in [1.54, 1.807) is 0 Å². The van der Waals surface area contributed by atoms with Crippen molar-refractivity contribution in [3.63, 3.8) is 0 Å². The van der Waals surface area contributed by atoms with Crippen LogP contribution in [0.15, 0.2) is 37.2 Å². The van der Waals surface area contributed by atoms with Crippen LogP contribution in [0.25, 0.3) is 5.70 Å². The normalized spacial score (nSPS) is 13.8. The fourth-order valence-electron chi connectivity index (χ4n) is 2.78. The molecule has 1 aliphatic rings. The largest absolute Gasteiger partial charge is 0.372 e. The summed E-state index contributed by atoms with van der Waals surface area (Å²) in [5, 5.41) is 6.53. The minimum atomic E-state index is 0.119. The Hall–Kier alpha value is -1.72. The molecule has 1 heterocycles. The first-order chi connectivity index (χ1) is 11.1. The van der Waals surface area contributed by atoms with Crippen molar-refractivity contribution in [2.24, 2.45) is 11.5 Å². The maximum Gasteiger partial charge on any atom is 0.152 e. The van der Waals surface area contributed by atoms with Gasteiger partial charge in [0.15, 0.2) is 7.28 Å². The van der Waals surface area contributed by atoms with Crippen LogP contribution in [0.5, 0.6) is 0 Å². The molecule has 123 valence electrons. The summed E-state index contributed by atoms with van der Waals surface area (Å²) in [4.78, 5) is 0. The third-order valence-electron chi connectivity index (χ3n) is 4.21. The molecule has 0 bridgehead atoms. The highest BCUT2D eigenvalue weighted by Crippen LogP contribution is 2.16. The van der Waals surface area contributed by atoms with Crippen LogP contribution in [0.3, 0.4) is 0 Å². The first-order valence-electron chi connectivity index (χ1n) is 8.41. The minimum absolute atomic E-state index is 0.119. The lowest BCUT2D eigenvalue weighted by Gasteiger charge is -2.15. The van der Waals surface area contributed by atoms with E-state index in [2.05, 4.69) is 49.3 Å². The first-order valence-corrected chi connectivity index (χ1v) is 8.41. The van der Waals surface area contributed by atoms with Gasteiger partial charge in [-0.05, 0) is 24.8 Å². The minimum Gasteiger partial charge on any atom is -0.372 e. The van der Waals surface area contributed by atoms with Gasteiger partial charge in [0, 0.05) is 24.8 Å². The van der Waals surface area contributed by atoms with Crippen LogP contribution in [-0.4, -0.2) is 26.4 Å². The summed E-state index contributed by atoms with van der Waals surface area (Å²) in [6.07, 6.45) is 5.36. The van der Waals surface area contributed by atoms with Crippen molar-refractivity contribution >= 4 is 18.4 Å². The molecule has 1 aliphatic heterocycles. The Morgan fingerprint density at radius 2 is 2.13 bits per heavy atom. The third kappa shape index (κ3) is 5.45. The highest BCUT2D eigenvalue weighted by molar-refractivity contribution is 6.55. The van der Waals surface area contributed by atoms with Crippen LogP contribution in [0.2, 0.25) is 6.32 Å². The topological polar surface area (TPSA) is 76.1 Å². The number of aryl methyl sites for hydroxylation is 1. The Morgan fingerprint density at radius 3 is 2.91 bits per heavy atom. The summed E-state index contributed by atoms with van der Waals surface area (Å²) in [6.45, 7) is 9.55. The Labute approximate surface area is 140 Å². The van der Waals surface area contributed by atoms with Crippen molar-refractivity contribution < 1.29 is 0 Å². The molecule has 0 saturated heterocycles. The summed E-state index contributed by atoms with van der Waals surface area (Å²) in [7, 11) is 2.28. The molecule has 4 nitrogen and oxygen atoms in total. The monoisotopic (exact) mass is 311 g/mol. The molecule has 0 saturated carbocycles. The van der Waals surface area contributed by atoms with Gasteiger partial charge in [-0.2, -0.15) is 0 Å². The molecule has 5 heteroatoms. The predicted octanol–water partition coefficient (Wildman–Crippen LogP) is 1.07. The van der Waals surface area contributed by atoms with Gasteiger partial charge in [-0.15, -0.1) is 0 Å². The van der Waals surface area contributed by atoms with Crippen LogP contribution in [-0.2, 0) is 6.42 Å². The number of benzene rings is 1. The van der Waals surface area contributed by atoms with E-state index in [1.165, 1.54) is 11.0 Å². The smallest absolute Gasteiger partial charge is 0.152 e. The molecule has 2 rings (SSSR count). The van der Waals surface area contributed by atoms with E-state index in [0.29, 0.717) is 6.54 Å². The Morgan fingerprint density at radius 1 is 1.30 bits per heavy atom. The van der Waals surface area contributed by atoms with Crippen LogP contribution >= 0.6 is 0 Å². The summed E-state index contributed by atoms with van der Waals surface area (Å²) < 4.78 is 0. The highest BCUT2D eigenvalue weighted by atomic mass is 15.1. The molecular formula is C18H28BN4. The molecule has 0 aliphatic carbocycles. The predicted molar refractivity (Wildman–Crippen MR) is 101 cm³/mol. The van der Waals surface area contributed by atoms with E-state index >= 15 is 0 Å². The molecular weight excluding hydrogens is 283 g/mol. The van der Waals surface area contributed by atoms with Crippen LogP contribution in [0, 0.1) is 0 Å². The molecule has 0 spiro atoms. The molecule has 1 aromatic carbocycles. The second kappa shape index (κ2) is 8.80. The van der Waals surface area contributed by atoms with Gasteiger partial charge in [-0.1, -0.05) is 55.1 Å². The fraction of sp³-hybridized carbons (Fsp3) is 0.444. The van der Waals surface area contributed by atoms with Crippen molar-refractivity contribution in [2.75, 3.05) is 13.1 Å². The maximum atomic E-state index is 5.79. The van der Waals surface area contributed by atoms with Crippen molar-refractivity contribution in [1.29, 1.82) is 0 Å². The Balaban J connectivity index is 1.69. The number of nitrogens with one attached hydrogen (secondary N) is 2. The molecule has 23 heavy (non-hydrogen) atoms. The Kier molecular flexibility index (Phi) is 6.75. The van der Waals surface area contributed by atoms with Crippen molar-refractivity contribution in [3.8, 4) is 0 Å². The van der Waals surface area contributed by atoms with Crippen molar-refractivity contribution in [1.82, 2.24) is 10.6 Å². The number of rotatable bonds is 10. The molecule has 0 fully saturated rings. The quantitative estimate of drug-likeness (QED) is 0.385. The number of fused-ring (bicyclic) bond motifs is 1. The maximum absolute atomic E-state index is 5.79. The first kappa shape index (κ1) is 17.6. The van der Waals surface area contributed by atoms with E-state index < -0.39 is 0 Å². The van der Waals surface area contributed by atoms with Gasteiger partial charge >= 0.3 is 0 Å². The number of unbranched alkanes of at least 4 members (excludes halogenated alkanes) is 1. The lowest BCUT2D eigenvalue weighted by Crippen LogP contribution is -2.30. The number of nitrogens with two attached hydrogens (primary N) is 2. The molecule has 0 aromatic heterocycles. The summed E-state index contributed by atoms with van der Waals surface area (Å²) in [6, 6.07) is 6.61. The lowest BCUT2D eigenvalue weighted by molar-refractivity contribution is 0.558. The third-order valence-corrected chi connectivity index (χ3v) is 4.21. The van der Waals surface area contributed by atoms with Gasteiger partial charge in [0.05, 0.1) is 5.82 Å². The van der Waals surface area contributed by atoms with E-state index in [9.17, 15) is 0 Å². The van der Waals surface area contributed by atoms with Gasteiger partial charge in [-0.25, -0.2) is 0 Å². The molecule has 1 atom stereocenters. The zero-order valence-corrected chi connectivity index (χ0v) is 13.9. The van der Waals surface area contributed by atoms with E-state index in [0.717, 1.165) is 55.6 Å². The second-order valence-electron chi connectivity index (χ2n) is 6.16. The molecule has 1 radical (unpaired) electrons. The highest BCUT2D eigenvalue weighted by Gasteiger charge is 2.12. The SMILES string of the molecule is C=C(NCCCCC(N)CN)NC(=C)c1ccc2c(c1)CC[B]2. The zero-order chi connectivity index (χ0) is 16.7. The van der Waals surface area contributed by atoms with Crippen LogP contribution in [0.4, 0.5) is 0 Å². The summed E-state index contributed by atoms with van der Waals surface area (Å²) in [5.74, 6) is 0.783. The van der Waals surface area contributed by atoms with Crippen molar-refractivity contribution in [3.05, 3.63) is 48.3 Å². The summed E-state index contributed by atoms with van der Waals surface area (Å²) >= 11 is 0. The fourth-order valence-corrected chi connectivity index (χ4v) is 2.78. The zero-order valence-electron chi connectivity index (χ0n) is 13.9. The van der Waals surface area contributed by atoms with E-state index in [-0.39, 0.29) is 6.04 Å². The van der Waals surface area contributed by atoms with Crippen LogP contribution < -0.4 is 27.6 Å². The lowest BCUT2D eigenvalue weighted by atomic mass is 9.72. The molecule has 0 amide bonds. The van der Waals surface area contributed by atoms with E-state index in [4.69, 9.17) is 11.5 Å². The second-order valence-corrected chi connectivity index (χ2v) is 6.16. The molecule has 1 aromatic rings. The number of hydrogen-bond acceptors (Lipinski definition) is 4. The average Bonchev–Trinajstić information content (AvgIpc) is 3.01. The van der Waals surface area contributed by atoms with Gasteiger partial charge in [-0.3, -0.25) is 0 Å². The van der Waals surface area contributed by atoms with Crippen molar-refractivity contribution in [2.45, 2.75) is 38.0 Å². The van der Waals surface area contributed by atoms with Gasteiger partial charge in [0.1, 0.15) is 0 Å². The molecule has 1 unspecified atom stereocenters. The van der Waals surface area contributed by atoms with Gasteiger partial charge in [0.2, 0.25) is 0 Å². The average molecular weight is 311 g/mol. The summed E-state index contributed by atoms with van der Waals surface area (Å²) in [5.41, 5.74) is 16.1. The van der Waals surface area contributed by atoms with Gasteiger partial charge in [0.25, 0.3) is 0 Å².